The minimum absolute atomic E-state index is 0.0649. The van der Waals surface area contributed by atoms with Crippen molar-refractivity contribution >= 4 is 11.6 Å². The van der Waals surface area contributed by atoms with Crippen LogP contribution < -0.4 is 10.2 Å². The summed E-state index contributed by atoms with van der Waals surface area (Å²) in [5.74, 6) is 0.105. The molecule has 1 amide bonds. The number of nitrogens with one attached hydrogen (secondary N) is 1. The topological polar surface area (TPSA) is 79.6 Å². The number of rotatable bonds is 9. The van der Waals surface area contributed by atoms with Gasteiger partial charge in [-0.2, -0.15) is 31.6 Å². The molecule has 1 unspecified atom stereocenters. The first-order valence-electron chi connectivity index (χ1n) is 14.6. The molecule has 2 aromatic carbocycles. The number of benzene rings is 2. The molecule has 234 valence electrons. The first kappa shape index (κ1) is 32.5. The number of halogens is 6. The molecule has 0 radical (unpaired) electrons. The van der Waals surface area contributed by atoms with Crippen molar-refractivity contribution in [2.24, 2.45) is 17.8 Å². The van der Waals surface area contributed by atoms with Crippen LogP contribution in [0.4, 0.5) is 32.0 Å². The van der Waals surface area contributed by atoms with Gasteiger partial charge in [-0.1, -0.05) is 25.0 Å². The summed E-state index contributed by atoms with van der Waals surface area (Å²) in [6.45, 7) is 2.94. The quantitative estimate of drug-likeness (QED) is 0.309. The highest BCUT2D eigenvalue weighted by atomic mass is 19.4. The third-order valence-corrected chi connectivity index (χ3v) is 8.68. The van der Waals surface area contributed by atoms with E-state index in [2.05, 4.69) is 16.3 Å². The minimum Gasteiger partial charge on any atom is -0.507 e. The van der Waals surface area contributed by atoms with Gasteiger partial charge in [0.05, 0.1) is 28.7 Å². The predicted octanol–water partition coefficient (Wildman–Crippen LogP) is 6.71. The Labute approximate surface area is 247 Å². The number of carbonyl (C=O) groups excluding carboxylic acids is 1. The number of nitrogens with zero attached hydrogens (tertiary/aromatic N) is 3. The highest BCUT2D eigenvalue weighted by Crippen LogP contribution is 2.39. The third kappa shape index (κ3) is 8.78. The molecule has 1 aliphatic carbocycles. The number of phenolic OH excluding ortho intramolecular Hbond substituents is 1. The summed E-state index contributed by atoms with van der Waals surface area (Å²) in [5, 5.41) is 22.3. The van der Waals surface area contributed by atoms with Crippen molar-refractivity contribution in [1.82, 2.24) is 10.2 Å². The molecule has 2 aliphatic rings. The number of amides is 1. The maximum Gasteiger partial charge on any atom is 0.416 e. The molecule has 1 aliphatic heterocycles. The molecule has 1 atom stereocenters. The standard InChI is InChI=1S/C31H36F6N4O2/c32-30(33,34)24-17-25(31(35,36)37)19-26(18-24)41-15-13-40(14-16-41)12-10-21-5-7-22(8-6-21)23(20-38)9-11-39-29(43)27-3-1-2-4-28(27)42/h1-4,17-19,21-23,42H,5-16H2,(H,39,43). The monoisotopic (exact) mass is 610 g/mol. The Bertz CT molecular complexity index is 1240. The Morgan fingerprint density at radius 3 is 2.12 bits per heavy atom. The van der Waals surface area contributed by atoms with Crippen molar-refractivity contribution in [1.29, 1.82) is 5.26 Å². The molecular formula is C31H36F6N4O2. The lowest BCUT2D eigenvalue weighted by molar-refractivity contribution is -0.143. The first-order valence-corrected chi connectivity index (χ1v) is 14.6. The Morgan fingerprint density at radius 2 is 1.56 bits per heavy atom. The van der Waals surface area contributed by atoms with E-state index < -0.39 is 23.5 Å². The second kappa shape index (κ2) is 13.9. The van der Waals surface area contributed by atoms with Crippen LogP contribution in [0.3, 0.4) is 0 Å². The fraction of sp³-hybridized carbons (Fsp3) is 0.548. The van der Waals surface area contributed by atoms with Crippen molar-refractivity contribution in [2.45, 2.75) is 50.9 Å². The zero-order valence-electron chi connectivity index (χ0n) is 23.7. The summed E-state index contributed by atoms with van der Waals surface area (Å²) in [4.78, 5) is 16.1. The molecule has 12 heteroatoms. The number of aromatic hydroxyl groups is 1. The number of anilines is 1. The van der Waals surface area contributed by atoms with E-state index in [1.54, 1.807) is 17.0 Å². The Morgan fingerprint density at radius 1 is 0.953 bits per heavy atom. The van der Waals surface area contributed by atoms with Crippen molar-refractivity contribution in [3.05, 3.63) is 59.2 Å². The summed E-state index contributed by atoms with van der Waals surface area (Å²) in [6.07, 6.45) is -4.45. The molecule has 1 heterocycles. The Kier molecular flexibility index (Phi) is 10.5. The van der Waals surface area contributed by atoms with Crippen LogP contribution in [0.15, 0.2) is 42.5 Å². The molecule has 0 aromatic heterocycles. The highest BCUT2D eigenvalue weighted by Gasteiger charge is 2.37. The molecule has 2 aromatic rings. The van der Waals surface area contributed by atoms with E-state index in [1.807, 2.05) is 0 Å². The van der Waals surface area contributed by atoms with Crippen LogP contribution >= 0.6 is 0 Å². The van der Waals surface area contributed by atoms with Gasteiger partial charge in [0.2, 0.25) is 0 Å². The van der Waals surface area contributed by atoms with Gasteiger partial charge >= 0.3 is 12.4 Å². The lowest BCUT2D eigenvalue weighted by Gasteiger charge is -2.38. The number of hydrogen-bond donors (Lipinski definition) is 2. The first-order chi connectivity index (χ1) is 20.3. The molecule has 2 N–H and O–H groups in total. The number of hydrogen-bond acceptors (Lipinski definition) is 5. The third-order valence-electron chi connectivity index (χ3n) is 8.68. The van der Waals surface area contributed by atoms with E-state index in [0.717, 1.165) is 50.8 Å². The maximum absolute atomic E-state index is 13.3. The van der Waals surface area contributed by atoms with Crippen LogP contribution in [0.2, 0.25) is 0 Å². The van der Waals surface area contributed by atoms with Gasteiger partial charge in [-0.05, 0) is 74.4 Å². The molecule has 43 heavy (non-hydrogen) atoms. The predicted molar refractivity (Wildman–Crippen MR) is 149 cm³/mol. The van der Waals surface area contributed by atoms with Gasteiger partial charge in [0.15, 0.2) is 0 Å². The van der Waals surface area contributed by atoms with Crippen LogP contribution in [-0.4, -0.2) is 55.2 Å². The fourth-order valence-corrected chi connectivity index (χ4v) is 6.10. The second-order valence-electron chi connectivity index (χ2n) is 11.5. The molecule has 1 saturated heterocycles. The van der Waals surface area contributed by atoms with E-state index in [9.17, 15) is 41.5 Å². The summed E-state index contributed by atoms with van der Waals surface area (Å²) < 4.78 is 79.5. The summed E-state index contributed by atoms with van der Waals surface area (Å²) in [6, 6.07) is 10.4. The van der Waals surface area contributed by atoms with Crippen molar-refractivity contribution in [2.75, 3.05) is 44.2 Å². The highest BCUT2D eigenvalue weighted by molar-refractivity contribution is 5.96. The van der Waals surface area contributed by atoms with Crippen LogP contribution in [0.25, 0.3) is 0 Å². The molecule has 1 saturated carbocycles. The second-order valence-corrected chi connectivity index (χ2v) is 11.5. The van der Waals surface area contributed by atoms with Gasteiger partial charge in [0, 0.05) is 38.4 Å². The van der Waals surface area contributed by atoms with Crippen LogP contribution in [0.1, 0.15) is 60.0 Å². The molecular weight excluding hydrogens is 574 g/mol. The number of carbonyl (C=O) groups is 1. The van der Waals surface area contributed by atoms with Crippen molar-refractivity contribution in [3.63, 3.8) is 0 Å². The molecule has 0 bridgehead atoms. The largest absolute Gasteiger partial charge is 0.507 e. The molecule has 2 fully saturated rings. The summed E-state index contributed by atoms with van der Waals surface area (Å²) in [7, 11) is 0. The van der Waals surface area contributed by atoms with Crippen LogP contribution in [-0.2, 0) is 12.4 Å². The Balaban J connectivity index is 1.19. The van der Waals surface area contributed by atoms with Crippen LogP contribution in [0.5, 0.6) is 5.75 Å². The molecule has 4 rings (SSSR count). The summed E-state index contributed by atoms with van der Waals surface area (Å²) >= 11 is 0. The number of piperazine rings is 1. The number of nitriles is 1. The number of alkyl halides is 6. The average Bonchev–Trinajstić information content (AvgIpc) is 2.98. The zero-order valence-corrected chi connectivity index (χ0v) is 23.7. The van der Waals surface area contributed by atoms with Gasteiger partial charge in [0.25, 0.3) is 5.91 Å². The molecule has 0 spiro atoms. The smallest absolute Gasteiger partial charge is 0.416 e. The number of para-hydroxylation sites is 1. The molecule has 6 nitrogen and oxygen atoms in total. The van der Waals surface area contributed by atoms with Gasteiger partial charge in [0.1, 0.15) is 5.75 Å². The average molecular weight is 611 g/mol. The number of phenols is 1. The van der Waals surface area contributed by atoms with Gasteiger partial charge < -0.3 is 15.3 Å². The van der Waals surface area contributed by atoms with E-state index in [-0.39, 0.29) is 40.8 Å². The van der Waals surface area contributed by atoms with Gasteiger partial charge in [-0.15, -0.1) is 0 Å². The lowest BCUT2D eigenvalue weighted by atomic mass is 9.74. The van der Waals surface area contributed by atoms with E-state index in [1.165, 1.54) is 12.1 Å². The SMILES string of the molecule is N#CC(CCNC(=O)c1ccccc1O)C1CCC(CCN2CCN(c3cc(C(F)(F)F)cc(C(F)(F)F)c3)CC2)CC1. The van der Waals surface area contributed by atoms with E-state index in [0.29, 0.717) is 45.1 Å². The zero-order chi connectivity index (χ0) is 31.2. The van der Waals surface area contributed by atoms with Gasteiger partial charge in [-0.25, -0.2) is 0 Å². The maximum atomic E-state index is 13.3. The van der Waals surface area contributed by atoms with E-state index >= 15 is 0 Å². The van der Waals surface area contributed by atoms with Crippen molar-refractivity contribution < 1.29 is 36.2 Å². The minimum atomic E-state index is -4.87. The normalized spacial score (nSPS) is 20.8. The van der Waals surface area contributed by atoms with Gasteiger partial charge in [-0.3, -0.25) is 9.69 Å². The lowest BCUT2D eigenvalue weighted by Crippen LogP contribution is -2.47. The van der Waals surface area contributed by atoms with E-state index in [4.69, 9.17) is 0 Å². The Hall–Kier alpha value is -3.46. The fourth-order valence-electron chi connectivity index (χ4n) is 6.10. The summed E-state index contributed by atoms with van der Waals surface area (Å²) in [5.41, 5.74) is -2.47. The van der Waals surface area contributed by atoms with Crippen LogP contribution in [0, 0.1) is 29.1 Å². The van der Waals surface area contributed by atoms with Crippen molar-refractivity contribution in [3.8, 4) is 11.8 Å².